The van der Waals surface area contributed by atoms with E-state index in [2.05, 4.69) is 35.9 Å². The lowest BCUT2D eigenvalue weighted by Gasteiger charge is -2.09. The molecule has 12 aromatic rings. The van der Waals surface area contributed by atoms with E-state index >= 15 is 0 Å². The van der Waals surface area contributed by atoms with E-state index in [4.69, 9.17) is 44.2 Å². The van der Waals surface area contributed by atoms with Crippen LogP contribution in [0.25, 0.3) is 43.1 Å². The number of nitriles is 4. The number of nitrogens with zero attached hydrogens (tertiary/aromatic N) is 4. The molecule has 0 aliphatic carbocycles. The molecule has 8 aromatic carbocycles. The number of fused-ring (bicyclic) bond motifs is 4. The molecule has 0 aliphatic heterocycles. The molecule has 0 aliphatic rings. The molecule has 12 rings (SSSR count). The number of pyridine rings is 4. The molecule has 486 valence electrons. The second-order valence-corrected chi connectivity index (χ2v) is 26.7. The summed E-state index contributed by atoms with van der Waals surface area (Å²) < 4.78 is 96.5. The Morgan fingerprint density at radius 2 is 0.691 bits per heavy atom. The normalized spacial score (nSPS) is 10.8. The van der Waals surface area contributed by atoms with E-state index in [1.807, 2.05) is 68.5 Å². The van der Waals surface area contributed by atoms with Crippen LogP contribution < -0.4 is 22.2 Å². The fourth-order valence-electron chi connectivity index (χ4n) is 9.71. The molecular formula is C71H44BrCl2F7N8O4S4. The number of aryl methyl sites for hydroxylation is 3. The summed E-state index contributed by atoms with van der Waals surface area (Å²) in [7, 11) is 0. The molecule has 0 saturated heterocycles. The first-order valence-electron chi connectivity index (χ1n) is 28.3. The van der Waals surface area contributed by atoms with Crippen LogP contribution in [0.5, 0.6) is 0 Å². The smallest absolute Gasteiger partial charge is 0.267 e. The summed E-state index contributed by atoms with van der Waals surface area (Å²) in [5.74, 6) is -2.27. The second kappa shape index (κ2) is 32.1. The van der Waals surface area contributed by atoms with Crippen molar-refractivity contribution in [2.24, 2.45) is 0 Å². The van der Waals surface area contributed by atoms with Crippen molar-refractivity contribution in [1.82, 2.24) is 19.9 Å². The zero-order valence-electron chi connectivity index (χ0n) is 50.4. The average Bonchev–Trinajstić information content (AvgIpc) is 0.858. The molecule has 0 unspecified atom stereocenters. The number of halogens is 10. The van der Waals surface area contributed by atoms with Crippen LogP contribution in [0, 0.1) is 107 Å². The Morgan fingerprint density at radius 1 is 0.361 bits per heavy atom. The fourth-order valence-corrected chi connectivity index (χ4v) is 15.1. The van der Waals surface area contributed by atoms with Crippen LogP contribution in [-0.2, 0) is 23.0 Å². The fraction of sp³-hybridized carbons (Fsp3) is 0.0986. The van der Waals surface area contributed by atoms with Gasteiger partial charge in [0.15, 0.2) is 0 Å². The summed E-state index contributed by atoms with van der Waals surface area (Å²) in [5.41, 5.74) is 2.70. The number of hydrogen-bond acceptors (Lipinski definition) is 12. The predicted molar refractivity (Wildman–Crippen MR) is 373 cm³/mol. The third-order valence-electron chi connectivity index (χ3n) is 14.4. The third kappa shape index (κ3) is 17.2. The Labute approximate surface area is 582 Å². The van der Waals surface area contributed by atoms with Crippen molar-refractivity contribution in [3.05, 3.63) is 297 Å². The molecule has 26 heteroatoms. The van der Waals surface area contributed by atoms with Crippen molar-refractivity contribution in [3.63, 3.8) is 0 Å². The molecule has 4 N–H and O–H groups in total. The van der Waals surface area contributed by atoms with E-state index in [-0.39, 0.29) is 44.4 Å². The van der Waals surface area contributed by atoms with Crippen LogP contribution in [0.4, 0.5) is 30.7 Å². The Kier molecular flexibility index (Phi) is 23.7. The molecule has 12 nitrogen and oxygen atoms in total. The van der Waals surface area contributed by atoms with Crippen LogP contribution >= 0.6 is 86.2 Å². The summed E-state index contributed by atoms with van der Waals surface area (Å²) in [6.45, 7) is 5.51. The van der Waals surface area contributed by atoms with E-state index in [9.17, 15) is 49.9 Å². The predicted octanol–water partition coefficient (Wildman–Crippen LogP) is 18.7. The van der Waals surface area contributed by atoms with Gasteiger partial charge in [-0.05, 0) is 164 Å². The SMILES string of the molecule is Cc1cc(F)c(CSc2[nH]c(=O)c(C#N)c3ccc(F)cc23)c(F)c1.Cc1ccc(CSc2[nH]c(=O)c(C#N)c3ccc(F)cc23)c(Cl)c1.Cc1ccc(Cl)c(CSc2[nH]c(=O)c(C#N)c3ccc(F)cc23)c1.N#Cc1c(=O)[nH]c(SCc2cc(F)ccc2Br)c2cc(F)ccc12. The summed E-state index contributed by atoms with van der Waals surface area (Å²) in [5, 5.41) is 42.9. The van der Waals surface area contributed by atoms with Gasteiger partial charge in [0, 0.05) is 86.2 Å². The van der Waals surface area contributed by atoms with E-state index < -0.39 is 57.1 Å². The van der Waals surface area contributed by atoms with Crippen LogP contribution in [0.3, 0.4) is 0 Å². The van der Waals surface area contributed by atoms with Gasteiger partial charge in [0.2, 0.25) is 0 Å². The number of aromatic amines is 4. The zero-order valence-corrected chi connectivity index (χ0v) is 56.8. The molecule has 0 atom stereocenters. The lowest BCUT2D eigenvalue weighted by Crippen LogP contribution is -2.12. The van der Waals surface area contributed by atoms with Crippen molar-refractivity contribution >= 4 is 129 Å². The maximum atomic E-state index is 14.0. The van der Waals surface area contributed by atoms with Gasteiger partial charge >= 0.3 is 0 Å². The molecule has 0 radical (unpaired) electrons. The molecule has 4 heterocycles. The number of benzene rings is 8. The lowest BCUT2D eigenvalue weighted by atomic mass is 10.1. The van der Waals surface area contributed by atoms with Crippen molar-refractivity contribution in [1.29, 1.82) is 21.0 Å². The molecular weight excluding hydrogens is 1440 g/mol. The van der Waals surface area contributed by atoms with Gasteiger partial charge in [-0.25, -0.2) is 30.7 Å². The van der Waals surface area contributed by atoms with Gasteiger partial charge in [-0.2, -0.15) is 21.0 Å². The first kappa shape index (κ1) is 71.8. The van der Waals surface area contributed by atoms with Crippen molar-refractivity contribution in [3.8, 4) is 24.3 Å². The number of aromatic nitrogens is 4. The number of rotatable bonds is 12. The first-order valence-corrected chi connectivity index (χ1v) is 33.8. The minimum absolute atomic E-state index is 0.0112. The Balaban J connectivity index is 0.000000152. The second-order valence-electron chi connectivity index (χ2n) is 21.1. The van der Waals surface area contributed by atoms with Crippen LogP contribution in [0.15, 0.2) is 183 Å². The highest BCUT2D eigenvalue weighted by atomic mass is 79.9. The summed E-state index contributed by atoms with van der Waals surface area (Å²) in [6.07, 6.45) is 0. The minimum Gasteiger partial charge on any atom is -0.315 e. The van der Waals surface area contributed by atoms with Crippen molar-refractivity contribution in [2.45, 2.75) is 63.9 Å². The van der Waals surface area contributed by atoms with Gasteiger partial charge in [0.1, 0.15) is 87.3 Å². The monoisotopic (exact) mass is 1480 g/mol. The maximum Gasteiger partial charge on any atom is 0.267 e. The Bertz CT molecular complexity index is 5380. The number of nitrogens with one attached hydrogen (secondary N) is 4. The van der Waals surface area contributed by atoms with E-state index in [0.29, 0.717) is 96.6 Å². The van der Waals surface area contributed by atoms with Crippen molar-refractivity contribution < 1.29 is 30.7 Å². The van der Waals surface area contributed by atoms with Gasteiger partial charge in [-0.3, -0.25) is 19.2 Å². The van der Waals surface area contributed by atoms with Gasteiger partial charge < -0.3 is 19.9 Å². The molecule has 0 bridgehead atoms. The summed E-state index contributed by atoms with van der Waals surface area (Å²) >= 11 is 20.7. The van der Waals surface area contributed by atoms with E-state index in [1.54, 1.807) is 19.1 Å². The van der Waals surface area contributed by atoms with Gasteiger partial charge in [0.05, 0.1) is 20.1 Å². The maximum absolute atomic E-state index is 14.0. The van der Waals surface area contributed by atoms with E-state index in [1.165, 1.54) is 126 Å². The van der Waals surface area contributed by atoms with Crippen LogP contribution in [0.1, 0.15) is 61.2 Å². The quantitative estimate of drug-likeness (QED) is 0.0662. The van der Waals surface area contributed by atoms with E-state index in [0.717, 1.165) is 44.6 Å². The number of hydrogen-bond donors (Lipinski definition) is 4. The Morgan fingerprint density at radius 3 is 1.07 bits per heavy atom. The lowest BCUT2D eigenvalue weighted by molar-refractivity contribution is 0.564. The number of H-pyrrole nitrogens is 4. The molecule has 0 amide bonds. The highest BCUT2D eigenvalue weighted by Gasteiger charge is 2.19. The van der Waals surface area contributed by atoms with Crippen LogP contribution in [0.2, 0.25) is 10.0 Å². The topological polar surface area (TPSA) is 227 Å². The molecule has 97 heavy (non-hydrogen) atoms. The van der Waals surface area contributed by atoms with Gasteiger partial charge in [-0.1, -0.05) is 69.0 Å². The molecule has 0 fully saturated rings. The van der Waals surface area contributed by atoms with Gasteiger partial charge in [-0.15, -0.1) is 47.0 Å². The minimum atomic E-state index is -0.684. The molecule has 4 aromatic heterocycles. The van der Waals surface area contributed by atoms with Gasteiger partial charge in [0.25, 0.3) is 22.2 Å². The highest BCUT2D eigenvalue weighted by Crippen LogP contribution is 2.36. The first-order chi connectivity index (χ1) is 46.4. The largest absolute Gasteiger partial charge is 0.315 e. The average molecular weight is 1490 g/mol. The molecule has 0 saturated carbocycles. The zero-order chi connectivity index (χ0) is 69.9. The third-order valence-corrected chi connectivity index (χ3v) is 20.2. The van der Waals surface area contributed by atoms with Crippen LogP contribution in [-0.4, -0.2) is 19.9 Å². The molecule has 0 spiro atoms. The Hall–Kier alpha value is -9.47. The summed E-state index contributed by atoms with van der Waals surface area (Å²) in [4.78, 5) is 58.7. The number of thioether (sulfide) groups is 4. The highest BCUT2D eigenvalue weighted by molar-refractivity contribution is 9.10. The van der Waals surface area contributed by atoms with Crippen molar-refractivity contribution in [2.75, 3.05) is 0 Å². The summed E-state index contributed by atoms with van der Waals surface area (Å²) in [6, 6.07) is 41.3. The standard InChI is InChI=1S/2C18H12ClFN2OS.C18H11F3N2OS.C17H9BrF2N2OS/c1-10-2-5-16(19)11(6-10)9-24-18-14-7-12(20)3-4-13(14)15(8-21)17(23)22-18;1-10-2-3-11(16(19)6-10)9-24-18-14-7-12(20)4-5-13(14)15(8-21)17(23)22-18;1-9-4-15(20)14(16(21)5-9)8-25-18-12-6-10(19)2-3-11(12)13(7-22)17(24)23-18;18-15-4-2-10(19)5-9(15)8-24-17-13-6-11(20)1-3-12(13)14(7-21)16(23)22-17/h2*2-7H,9H2,1H3,(H,22,23);2-6H,8H2,1H3,(H,23,24);1-6H,8H2,(H,22,23).